The van der Waals surface area contributed by atoms with Gasteiger partial charge in [0.15, 0.2) is 5.65 Å². The highest BCUT2D eigenvalue weighted by atomic mass is 32.1. The summed E-state index contributed by atoms with van der Waals surface area (Å²) in [5.41, 5.74) is 9.60. The van der Waals surface area contributed by atoms with Crippen molar-refractivity contribution in [2.24, 2.45) is 0 Å². The van der Waals surface area contributed by atoms with Crippen molar-refractivity contribution in [2.75, 3.05) is 6.54 Å². The Morgan fingerprint density at radius 1 is 1.16 bits per heavy atom. The minimum absolute atomic E-state index is 0.176. The first kappa shape index (κ1) is 17.4. The van der Waals surface area contributed by atoms with E-state index in [1.807, 2.05) is 10.0 Å². The van der Waals surface area contributed by atoms with Crippen LogP contribution in [0.15, 0.2) is 42.2 Å². The van der Waals surface area contributed by atoms with Crippen LogP contribution in [-0.2, 0) is 0 Å². The monoisotopic (exact) mass is 428 g/mol. The van der Waals surface area contributed by atoms with Gasteiger partial charge in [0.1, 0.15) is 0 Å². The molecule has 31 heavy (non-hydrogen) atoms. The minimum Gasteiger partial charge on any atom is -0.334 e. The number of carbonyl (C=O) groups is 1. The maximum atomic E-state index is 11.5. The summed E-state index contributed by atoms with van der Waals surface area (Å²) in [6, 6.07) is 8.65. The second-order valence-corrected chi connectivity index (χ2v) is 9.60. The van der Waals surface area contributed by atoms with Gasteiger partial charge >= 0.3 is 6.03 Å². The molecule has 1 aliphatic heterocycles. The highest BCUT2D eigenvalue weighted by molar-refractivity contribution is 7.16. The largest absolute Gasteiger partial charge is 0.334 e. The Balaban J connectivity index is 1.31. The van der Waals surface area contributed by atoms with Gasteiger partial charge in [-0.2, -0.15) is 5.10 Å². The van der Waals surface area contributed by atoms with Crippen LogP contribution < -0.4 is 10.6 Å². The third-order valence-corrected chi connectivity index (χ3v) is 7.38. The average Bonchev–Trinajstić information content (AvgIpc) is 3.70. The molecule has 3 aliphatic rings. The van der Waals surface area contributed by atoms with Crippen LogP contribution in [0.25, 0.3) is 21.4 Å². The summed E-state index contributed by atoms with van der Waals surface area (Å²) >= 11 is 1.69. The van der Waals surface area contributed by atoms with Gasteiger partial charge in [-0.15, -0.1) is 11.3 Å². The molecule has 2 atom stereocenters. The number of carbonyl (C=O) groups excluding carboxylic acids is 1. The molecule has 0 saturated heterocycles. The maximum Gasteiger partial charge on any atom is 0.319 e. The molecule has 0 bridgehead atoms. The van der Waals surface area contributed by atoms with Crippen molar-refractivity contribution in [3.8, 4) is 0 Å². The van der Waals surface area contributed by atoms with E-state index >= 15 is 0 Å². The van der Waals surface area contributed by atoms with E-state index < -0.39 is 0 Å². The number of nitrogens with one attached hydrogen (secondary N) is 2. The number of urea groups is 1. The van der Waals surface area contributed by atoms with Crippen molar-refractivity contribution in [1.82, 2.24) is 30.2 Å². The van der Waals surface area contributed by atoms with E-state index in [-0.39, 0.29) is 6.03 Å². The Hall–Kier alpha value is -3.26. The first-order valence-electron chi connectivity index (χ1n) is 10.7. The van der Waals surface area contributed by atoms with E-state index in [2.05, 4.69) is 46.1 Å². The molecule has 3 aromatic heterocycles. The van der Waals surface area contributed by atoms with Gasteiger partial charge in [-0.1, -0.05) is 6.07 Å². The van der Waals surface area contributed by atoms with Crippen LogP contribution in [0.4, 0.5) is 4.79 Å². The molecular weight excluding hydrogens is 408 g/mol. The lowest BCUT2D eigenvalue weighted by molar-refractivity contribution is 0.244. The molecule has 2 fully saturated rings. The summed E-state index contributed by atoms with van der Waals surface area (Å²) < 4.78 is 3.20. The molecule has 7 nitrogen and oxygen atoms in total. The fraction of sp³-hybridized carbons (Fsp3) is 0.304. The number of benzene rings is 1. The summed E-state index contributed by atoms with van der Waals surface area (Å²) in [5.74, 6) is 1.50. The molecule has 2 aliphatic carbocycles. The maximum absolute atomic E-state index is 11.5. The predicted octanol–water partition coefficient (Wildman–Crippen LogP) is 4.14. The van der Waals surface area contributed by atoms with Crippen molar-refractivity contribution in [3.63, 3.8) is 0 Å². The standard InChI is InChI=1S/C23H20N6OS/c30-23-24-8-14(9-25-23)19-7-17(22-27-20(12-1-2-12)10-29(22)28-19)16-6-15(16)13-3-4-18-21(5-13)31-11-26-18/h3-5,7-8,10-12,15-16H,1-2,6,9H2,(H2,24,25,30)/t15-,16+/m1/s1. The van der Waals surface area contributed by atoms with Gasteiger partial charge in [-0.3, -0.25) is 0 Å². The Kier molecular flexibility index (Phi) is 3.58. The molecule has 154 valence electrons. The Morgan fingerprint density at radius 3 is 2.94 bits per heavy atom. The Morgan fingerprint density at radius 2 is 2.10 bits per heavy atom. The lowest BCUT2D eigenvalue weighted by Crippen LogP contribution is -2.38. The highest BCUT2D eigenvalue weighted by Gasteiger charge is 2.42. The minimum atomic E-state index is -0.176. The van der Waals surface area contributed by atoms with E-state index in [9.17, 15) is 4.79 Å². The first-order valence-corrected chi connectivity index (χ1v) is 11.6. The third kappa shape index (κ3) is 2.93. The van der Waals surface area contributed by atoms with E-state index in [0.717, 1.165) is 34.5 Å². The summed E-state index contributed by atoms with van der Waals surface area (Å²) in [6.07, 6.45) is 7.40. The van der Waals surface area contributed by atoms with Gasteiger partial charge in [0.2, 0.25) is 0 Å². The van der Waals surface area contributed by atoms with Gasteiger partial charge < -0.3 is 10.6 Å². The summed E-state index contributed by atoms with van der Waals surface area (Å²) in [6.45, 7) is 0.476. The Bertz CT molecular complexity index is 1400. The van der Waals surface area contributed by atoms with E-state index in [4.69, 9.17) is 10.1 Å². The van der Waals surface area contributed by atoms with E-state index in [1.165, 1.54) is 28.7 Å². The molecule has 4 heterocycles. The van der Waals surface area contributed by atoms with Crippen molar-refractivity contribution >= 4 is 38.8 Å². The van der Waals surface area contributed by atoms with Crippen LogP contribution in [0, 0.1) is 0 Å². The number of nitrogens with zero attached hydrogens (tertiary/aromatic N) is 4. The van der Waals surface area contributed by atoms with Crippen molar-refractivity contribution < 1.29 is 4.79 Å². The summed E-state index contributed by atoms with van der Waals surface area (Å²) in [5, 5.41) is 10.4. The van der Waals surface area contributed by atoms with Crippen LogP contribution >= 0.6 is 11.3 Å². The number of fused-ring (bicyclic) bond motifs is 2. The van der Waals surface area contributed by atoms with Crippen LogP contribution in [0.2, 0.25) is 0 Å². The number of imidazole rings is 1. The highest BCUT2D eigenvalue weighted by Crippen LogP contribution is 2.56. The second-order valence-electron chi connectivity index (χ2n) is 8.72. The van der Waals surface area contributed by atoms with Crippen LogP contribution in [0.5, 0.6) is 0 Å². The number of hydrogen-bond donors (Lipinski definition) is 2. The van der Waals surface area contributed by atoms with Gasteiger partial charge in [0.05, 0.1) is 33.3 Å². The average molecular weight is 429 g/mol. The van der Waals surface area contributed by atoms with Crippen LogP contribution in [0.1, 0.15) is 59.5 Å². The Labute approximate surface area is 182 Å². The van der Waals surface area contributed by atoms with Crippen molar-refractivity contribution in [1.29, 1.82) is 0 Å². The lowest BCUT2D eigenvalue weighted by atomic mass is 10.0. The van der Waals surface area contributed by atoms with Crippen LogP contribution in [-0.4, -0.2) is 32.2 Å². The molecule has 8 heteroatoms. The van der Waals surface area contributed by atoms with E-state index in [1.54, 1.807) is 17.5 Å². The quantitative estimate of drug-likeness (QED) is 0.512. The lowest BCUT2D eigenvalue weighted by Gasteiger charge is -2.15. The summed E-state index contributed by atoms with van der Waals surface area (Å²) in [7, 11) is 0. The third-order valence-electron chi connectivity index (χ3n) is 6.59. The number of aromatic nitrogens is 4. The fourth-order valence-corrected chi connectivity index (χ4v) is 5.35. The summed E-state index contributed by atoms with van der Waals surface area (Å²) in [4.78, 5) is 20.9. The topological polar surface area (TPSA) is 84.2 Å². The molecule has 0 unspecified atom stereocenters. The molecule has 0 radical (unpaired) electrons. The van der Waals surface area contributed by atoms with Crippen molar-refractivity contribution in [2.45, 2.75) is 37.0 Å². The molecule has 1 aromatic carbocycles. The van der Waals surface area contributed by atoms with Crippen molar-refractivity contribution in [3.05, 3.63) is 64.7 Å². The molecular formula is C23H20N6OS. The van der Waals surface area contributed by atoms with Gasteiger partial charge in [-0.25, -0.2) is 19.3 Å². The SMILES string of the molecule is O=C1NC=C(c2cc([C@H]3C[C@@H]3c3ccc4ncsc4c3)c3nc(C4CC4)cn3n2)CN1. The number of hydrogen-bond acceptors (Lipinski definition) is 5. The van der Waals surface area contributed by atoms with Gasteiger partial charge in [0, 0.05) is 29.8 Å². The first-order chi connectivity index (χ1) is 15.2. The number of rotatable bonds is 4. The molecule has 2 saturated carbocycles. The van der Waals surface area contributed by atoms with Gasteiger partial charge in [-0.05, 0) is 54.9 Å². The van der Waals surface area contributed by atoms with E-state index in [0.29, 0.717) is 24.3 Å². The predicted molar refractivity (Wildman–Crippen MR) is 119 cm³/mol. The molecule has 2 amide bonds. The number of thiazole rings is 1. The smallest absolute Gasteiger partial charge is 0.319 e. The molecule has 2 N–H and O–H groups in total. The zero-order valence-electron chi connectivity index (χ0n) is 16.7. The van der Waals surface area contributed by atoms with Crippen LogP contribution in [0.3, 0.4) is 0 Å². The number of amides is 2. The normalized spacial score (nSPS) is 23.0. The zero-order valence-corrected chi connectivity index (χ0v) is 17.5. The molecule has 0 spiro atoms. The fourth-order valence-electron chi connectivity index (χ4n) is 4.63. The van der Waals surface area contributed by atoms with Gasteiger partial charge in [0.25, 0.3) is 0 Å². The molecule has 4 aromatic rings. The molecule has 7 rings (SSSR count). The zero-order chi connectivity index (χ0) is 20.5. The second kappa shape index (κ2) is 6.37.